The van der Waals surface area contributed by atoms with Gasteiger partial charge in [0.05, 0.1) is 27.4 Å². The number of carbonyl (C=O) groups excluding carboxylic acids is 1. The van der Waals surface area contributed by atoms with E-state index >= 15 is 0 Å². The Bertz CT molecular complexity index is 866. The predicted octanol–water partition coefficient (Wildman–Crippen LogP) is 3.15. The quantitative estimate of drug-likeness (QED) is 0.348. The summed E-state index contributed by atoms with van der Waals surface area (Å²) in [4.78, 5) is 17.1. The molecule has 3 rings (SSSR count). The third-order valence-electron chi connectivity index (χ3n) is 4.90. The second kappa shape index (κ2) is 14.1. The lowest BCUT2D eigenvalue weighted by molar-refractivity contribution is 0.0373. The molecule has 32 heavy (non-hydrogen) atoms. The Kier molecular flexibility index (Phi) is 11.1. The molecular formula is C24H32N2O6. The fraction of sp³-hybridized carbons (Fsp3) is 0.417. The van der Waals surface area contributed by atoms with Crippen molar-refractivity contribution in [2.45, 2.75) is 12.8 Å². The summed E-state index contributed by atoms with van der Waals surface area (Å²) in [6.07, 6.45) is 4.78. The SMILES string of the molecule is COc1cc(C=NCCCCN2CCOCC2)ccc1O.COc1cc(C=O)ccc1O. The lowest BCUT2D eigenvalue weighted by Gasteiger charge is -2.26. The first-order chi connectivity index (χ1) is 15.6. The number of morpholine rings is 1. The number of phenols is 2. The Balaban J connectivity index is 0.000000278. The molecule has 2 N–H and O–H groups in total. The van der Waals surface area contributed by atoms with Crippen molar-refractivity contribution >= 4 is 12.5 Å². The second-order valence-corrected chi connectivity index (χ2v) is 7.18. The van der Waals surface area contributed by atoms with Gasteiger partial charge < -0.3 is 24.4 Å². The minimum atomic E-state index is 0.0399. The summed E-state index contributed by atoms with van der Waals surface area (Å²) >= 11 is 0. The normalized spacial score (nSPS) is 13.9. The van der Waals surface area contributed by atoms with Crippen molar-refractivity contribution in [1.29, 1.82) is 0 Å². The summed E-state index contributed by atoms with van der Waals surface area (Å²) in [6.45, 7) is 5.79. The van der Waals surface area contributed by atoms with Gasteiger partial charge in [-0.05, 0) is 61.3 Å². The first kappa shape index (κ1) is 25.2. The molecule has 0 atom stereocenters. The summed E-state index contributed by atoms with van der Waals surface area (Å²) in [5.74, 6) is 0.985. The molecule has 2 aromatic carbocycles. The van der Waals surface area contributed by atoms with Gasteiger partial charge in [0.25, 0.3) is 0 Å². The van der Waals surface area contributed by atoms with Gasteiger partial charge in [0.1, 0.15) is 6.29 Å². The number of phenolic OH excluding ortho intramolecular Hbond substituents is 2. The number of carbonyl (C=O) groups is 1. The van der Waals surface area contributed by atoms with Crippen LogP contribution in [0, 0.1) is 0 Å². The van der Waals surface area contributed by atoms with Gasteiger partial charge in [-0.2, -0.15) is 0 Å². The van der Waals surface area contributed by atoms with Crippen molar-refractivity contribution in [3.05, 3.63) is 47.5 Å². The number of hydrogen-bond acceptors (Lipinski definition) is 8. The average Bonchev–Trinajstić information content (AvgIpc) is 2.83. The molecule has 1 aliphatic rings. The van der Waals surface area contributed by atoms with Crippen LogP contribution in [0.25, 0.3) is 0 Å². The zero-order valence-corrected chi connectivity index (χ0v) is 18.7. The topological polar surface area (TPSA) is 101 Å². The van der Waals surface area contributed by atoms with Gasteiger partial charge in [0.15, 0.2) is 23.0 Å². The van der Waals surface area contributed by atoms with Crippen LogP contribution in [-0.2, 0) is 4.74 Å². The van der Waals surface area contributed by atoms with E-state index in [2.05, 4.69) is 9.89 Å². The number of rotatable bonds is 9. The van der Waals surface area contributed by atoms with Crippen LogP contribution in [0.3, 0.4) is 0 Å². The number of benzene rings is 2. The maximum absolute atomic E-state index is 10.2. The van der Waals surface area contributed by atoms with E-state index in [1.165, 1.54) is 25.3 Å². The third-order valence-corrected chi connectivity index (χ3v) is 4.90. The van der Waals surface area contributed by atoms with Crippen LogP contribution in [0.4, 0.5) is 0 Å². The standard InChI is InChI=1S/C16H24N2O3.C8H8O3/c1-20-16-12-14(4-5-15(16)19)13-17-6-2-3-7-18-8-10-21-11-9-18;1-11-8-4-6(5-9)2-3-7(8)10/h4-5,12-13,19H,2-3,6-11H2,1H3;2-5,10H,1H3. The summed E-state index contributed by atoms with van der Waals surface area (Å²) < 4.78 is 15.2. The molecule has 1 fully saturated rings. The molecule has 8 nitrogen and oxygen atoms in total. The van der Waals surface area contributed by atoms with Crippen molar-refractivity contribution in [3.8, 4) is 23.0 Å². The molecule has 1 saturated heterocycles. The molecule has 8 heteroatoms. The molecule has 0 amide bonds. The van der Waals surface area contributed by atoms with Gasteiger partial charge >= 0.3 is 0 Å². The van der Waals surface area contributed by atoms with Crippen LogP contribution in [0.5, 0.6) is 23.0 Å². The van der Waals surface area contributed by atoms with Crippen LogP contribution in [0.2, 0.25) is 0 Å². The average molecular weight is 445 g/mol. The predicted molar refractivity (Wildman–Crippen MR) is 124 cm³/mol. The van der Waals surface area contributed by atoms with E-state index in [0.29, 0.717) is 23.3 Å². The highest BCUT2D eigenvalue weighted by molar-refractivity contribution is 5.80. The van der Waals surface area contributed by atoms with Gasteiger partial charge in [0.2, 0.25) is 0 Å². The maximum Gasteiger partial charge on any atom is 0.161 e. The minimum Gasteiger partial charge on any atom is -0.504 e. The van der Waals surface area contributed by atoms with E-state index in [4.69, 9.17) is 19.3 Å². The fourth-order valence-corrected chi connectivity index (χ4v) is 3.08. The number of aromatic hydroxyl groups is 2. The summed E-state index contributed by atoms with van der Waals surface area (Å²) in [7, 11) is 2.98. The van der Waals surface area contributed by atoms with E-state index in [1.807, 2.05) is 12.3 Å². The lowest BCUT2D eigenvalue weighted by Crippen LogP contribution is -2.36. The van der Waals surface area contributed by atoms with E-state index < -0.39 is 0 Å². The van der Waals surface area contributed by atoms with Gasteiger partial charge in [-0.15, -0.1) is 0 Å². The zero-order chi connectivity index (χ0) is 23.2. The van der Waals surface area contributed by atoms with Gasteiger partial charge in [-0.3, -0.25) is 14.7 Å². The highest BCUT2D eigenvalue weighted by atomic mass is 16.5. The van der Waals surface area contributed by atoms with Gasteiger partial charge in [-0.1, -0.05) is 0 Å². The molecule has 0 bridgehead atoms. The molecule has 0 spiro atoms. The van der Waals surface area contributed by atoms with Crippen LogP contribution < -0.4 is 9.47 Å². The minimum absolute atomic E-state index is 0.0399. The van der Waals surface area contributed by atoms with Crippen LogP contribution >= 0.6 is 0 Å². The van der Waals surface area contributed by atoms with E-state index in [1.54, 1.807) is 19.2 Å². The van der Waals surface area contributed by atoms with Crippen LogP contribution in [0.1, 0.15) is 28.8 Å². The van der Waals surface area contributed by atoms with Crippen molar-refractivity contribution in [2.75, 3.05) is 53.6 Å². The highest BCUT2D eigenvalue weighted by Crippen LogP contribution is 2.26. The largest absolute Gasteiger partial charge is 0.504 e. The van der Waals surface area contributed by atoms with E-state index in [-0.39, 0.29) is 11.5 Å². The Morgan fingerprint density at radius 1 is 0.969 bits per heavy atom. The number of methoxy groups -OCH3 is 2. The second-order valence-electron chi connectivity index (χ2n) is 7.18. The summed E-state index contributed by atoms with van der Waals surface area (Å²) in [5.41, 5.74) is 1.43. The lowest BCUT2D eigenvalue weighted by atomic mass is 10.2. The number of unbranched alkanes of at least 4 members (excludes halogenated alkanes) is 1. The first-order valence-corrected chi connectivity index (χ1v) is 10.6. The van der Waals surface area contributed by atoms with Gasteiger partial charge in [-0.25, -0.2) is 0 Å². The Labute approximate surface area is 189 Å². The number of hydrogen-bond donors (Lipinski definition) is 2. The smallest absolute Gasteiger partial charge is 0.161 e. The number of aliphatic imine (C=N–C) groups is 1. The van der Waals surface area contributed by atoms with Crippen molar-refractivity contribution in [3.63, 3.8) is 0 Å². The third kappa shape index (κ3) is 8.56. The van der Waals surface area contributed by atoms with Crippen molar-refractivity contribution in [2.24, 2.45) is 4.99 Å². The van der Waals surface area contributed by atoms with Crippen molar-refractivity contribution < 1.29 is 29.2 Å². The molecule has 0 aliphatic carbocycles. The molecule has 174 valence electrons. The molecule has 0 unspecified atom stereocenters. The van der Waals surface area contributed by atoms with E-state index in [0.717, 1.165) is 57.8 Å². The van der Waals surface area contributed by atoms with Crippen LogP contribution in [0.15, 0.2) is 41.4 Å². The Morgan fingerprint density at radius 2 is 1.56 bits per heavy atom. The maximum atomic E-state index is 10.2. The first-order valence-electron chi connectivity index (χ1n) is 10.6. The monoisotopic (exact) mass is 444 g/mol. The van der Waals surface area contributed by atoms with Crippen LogP contribution in [-0.4, -0.2) is 81.2 Å². The molecule has 1 heterocycles. The van der Waals surface area contributed by atoms with E-state index in [9.17, 15) is 9.90 Å². The number of ether oxygens (including phenoxy) is 3. The van der Waals surface area contributed by atoms with Gasteiger partial charge in [0, 0.05) is 31.4 Å². The molecule has 0 saturated carbocycles. The molecule has 2 aromatic rings. The summed E-state index contributed by atoms with van der Waals surface area (Å²) in [6, 6.07) is 9.65. The Hall–Kier alpha value is -3.10. The number of aldehydes is 1. The fourth-order valence-electron chi connectivity index (χ4n) is 3.08. The Morgan fingerprint density at radius 3 is 2.16 bits per heavy atom. The molecule has 0 aromatic heterocycles. The molecule has 0 radical (unpaired) electrons. The zero-order valence-electron chi connectivity index (χ0n) is 18.7. The molecule has 1 aliphatic heterocycles. The number of nitrogens with zero attached hydrogens (tertiary/aromatic N) is 2. The van der Waals surface area contributed by atoms with Crippen molar-refractivity contribution in [1.82, 2.24) is 4.90 Å². The summed E-state index contributed by atoms with van der Waals surface area (Å²) in [5, 5.41) is 18.6. The molecular weight excluding hydrogens is 412 g/mol. The highest BCUT2D eigenvalue weighted by Gasteiger charge is 2.08.